The third kappa shape index (κ3) is 5.59. The van der Waals surface area contributed by atoms with E-state index in [1.54, 1.807) is 13.2 Å². The Morgan fingerprint density at radius 3 is 2.58 bits per heavy atom. The second-order valence-corrected chi connectivity index (χ2v) is 8.00. The Hall–Kier alpha value is -2.34. The summed E-state index contributed by atoms with van der Waals surface area (Å²) >= 11 is 1.40. The van der Waals surface area contributed by atoms with E-state index in [0.29, 0.717) is 35.7 Å². The Balaban J connectivity index is 1.86. The van der Waals surface area contributed by atoms with Crippen LogP contribution in [-0.2, 0) is 10.2 Å². The van der Waals surface area contributed by atoms with Crippen LogP contribution in [0, 0.1) is 0 Å². The summed E-state index contributed by atoms with van der Waals surface area (Å²) in [5.41, 5.74) is 1.78. The first kappa shape index (κ1) is 20.0. The summed E-state index contributed by atoms with van der Waals surface area (Å²) in [6.07, 6.45) is 0.901. The molecule has 0 saturated heterocycles. The molecular formula is C20H26N2O3S. The molecule has 0 spiro atoms. The molecule has 5 nitrogen and oxygen atoms in total. The third-order valence-corrected chi connectivity index (χ3v) is 4.82. The van der Waals surface area contributed by atoms with Crippen LogP contribution in [0.5, 0.6) is 5.75 Å². The quantitative estimate of drug-likeness (QED) is 0.714. The van der Waals surface area contributed by atoms with Gasteiger partial charge in [0.2, 0.25) is 5.91 Å². The van der Waals surface area contributed by atoms with Crippen LogP contribution in [0.4, 0.5) is 5.69 Å². The summed E-state index contributed by atoms with van der Waals surface area (Å²) in [4.78, 5) is 24.8. The van der Waals surface area contributed by atoms with E-state index in [0.717, 1.165) is 5.56 Å². The van der Waals surface area contributed by atoms with Gasteiger partial charge >= 0.3 is 0 Å². The summed E-state index contributed by atoms with van der Waals surface area (Å²) in [6.45, 7) is 6.83. The number of rotatable bonds is 7. The number of anilines is 1. The Labute approximate surface area is 158 Å². The molecule has 2 N–H and O–H groups in total. The van der Waals surface area contributed by atoms with Gasteiger partial charge < -0.3 is 15.4 Å². The Bertz CT molecular complexity index is 749. The number of hydrogen-bond acceptors (Lipinski definition) is 4. The Kier molecular flexibility index (Phi) is 6.80. The van der Waals surface area contributed by atoms with Crippen LogP contribution in [0.1, 0.15) is 48.8 Å². The molecule has 2 amide bonds. The molecule has 2 aromatic rings. The van der Waals surface area contributed by atoms with Crippen molar-refractivity contribution in [1.82, 2.24) is 5.32 Å². The summed E-state index contributed by atoms with van der Waals surface area (Å²) in [5.74, 6) is 0.442. The molecule has 2 rings (SSSR count). The van der Waals surface area contributed by atoms with Crippen LogP contribution in [0.3, 0.4) is 0 Å². The van der Waals surface area contributed by atoms with Crippen LogP contribution in [-0.4, -0.2) is 25.5 Å². The first-order chi connectivity index (χ1) is 12.3. The maximum Gasteiger partial charge on any atom is 0.261 e. The van der Waals surface area contributed by atoms with Crippen LogP contribution in [0.25, 0.3) is 0 Å². The maximum atomic E-state index is 12.2. The van der Waals surface area contributed by atoms with E-state index in [4.69, 9.17) is 4.74 Å². The van der Waals surface area contributed by atoms with Gasteiger partial charge in [0, 0.05) is 13.0 Å². The summed E-state index contributed by atoms with van der Waals surface area (Å²) in [7, 11) is 1.59. The van der Waals surface area contributed by atoms with Crippen LogP contribution < -0.4 is 15.4 Å². The van der Waals surface area contributed by atoms with Crippen molar-refractivity contribution < 1.29 is 14.3 Å². The van der Waals surface area contributed by atoms with Gasteiger partial charge in [-0.25, -0.2) is 0 Å². The molecule has 0 bridgehead atoms. The van der Waals surface area contributed by atoms with Crippen molar-refractivity contribution in [2.24, 2.45) is 0 Å². The number of carbonyl (C=O) groups excluding carboxylic acids is 2. The first-order valence-corrected chi connectivity index (χ1v) is 9.49. The SMILES string of the molecule is COc1ccc(C(C)(C)C)cc1NC(=O)CCCNC(=O)c1cccs1. The van der Waals surface area contributed by atoms with E-state index >= 15 is 0 Å². The van der Waals surface area contributed by atoms with Crippen molar-refractivity contribution in [3.05, 3.63) is 46.2 Å². The molecule has 1 aromatic heterocycles. The number of amides is 2. The highest BCUT2D eigenvalue weighted by Crippen LogP contribution is 2.31. The zero-order valence-corrected chi connectivity index (χ0v) is 16.5. The molecule has 140 valence electrons. The lowest BCUT2D eigenvalue weighted by molar-refractivity contribution is -0.116. The summed E-state index contributed by atoms with van der Waals surface area (Å²) in [6, 6.07) is 9.45. The minimum atomic E-state index is -0.0975. The molecule has 0 aliphatic rings. The van der Waals surface area contributed by atoms with E-state index in [-0.39, 0.29) is 17.2 Å². The van der Waals surface area contributed by atoms with Crippen molar-refractivity contribution in [2.45, 2.75) is 39.0 Å². The van der Waals surface area contributed by atoms with Crippen molar-refractivity contribution in [3.8, 4) is 5.75 Å². The molecule has 0 fully saturated rings. The highest BCUT2D eigenvalue weighted by molar-refractivity contribution is 7.12. The zero-order chi connectivity index (χ0) is 19.2. The lowest BCUT2D eigenvalue weighted by atomic mass is 9.87. The van der Waals surface area contributed by atoms with Crippen LogP contribution >= 0.6 is 11.3 Å². The molecule has 0 radical (unpaired) electrons. The van der Waals surface area contributed by atoms with E-state index in [9.17, 15) is 9.59 Å². The van der Waals surface area contributed by atoms with Crippen molar-refractivity contribution in [2.75, 3.05) is 19.0 Å². The Morgan fingerprint density at radius 2 is 1.96 bits per heavy atom. The van der Waals surface area contributed by atoms with E-state index < -0.39 is 0 Å². The predicted molar refractivity (Wildman–Crippen MR) is 106 cm³/mol. The predicted octanol–water partition coefficient (Wildman–Crippen LogP) is 4.20. The van der Waals surface area contributed by atoms with Gasteiger partial charge in [0.15, 0.2) is 0 Å². The highest BCUT2D eigenvalue weighted by Gasteiger charge is 2.17. The largest absolute Gasteiger partial charge is 0.495 e. The summed E-state index contributed by atoms with van der Waals surface area (Å²) in [5, 5.41) is 7.60. The number of benzene rings is 1. The molecule has 1 aromatic carbocycles. The maximum absolute atomic E-state index is 12.2. The number of carbonyl (C=O) groups is 2. The lowest BCUT2D eigenvalue weighted by Gasteiger charge is -2.21. The molecule has 0 aliphatic heterocycles. The fourth-order valence-corrected chi connectivity index (χ4v) is 3.07. The first-order valence-electron chi connectivity index (χ1n) is 8.61. The van der Waals surface area contributed by atoms with Crippen LogP contribution in [0.15, 0.2) is 35.7 Å². The standard InChI is InChI=1S/C20H26N2O3S/c1-20(2,3)14-9-10-16(25-4)15(13-14)22-18(23)8-5-11-21-19(24)17-7-6-12-26-17/h6-7,9-10,12-13H,5,8,11H2,1-4H3,(H,21,24)(H,22,23). The second-order valence-electron chi connectivity index (χ2n) is 7.05. The normalized spacial score (nSPS) is 11.1. The molecular weight excluding hydrogens is 348 g/mol. The number of ether oxygens (including phenoxy) is 1. The molecule has 0 aliphatic carbocycles. The number of hydrogen-bond donors (Lipinski definition) is 2. The molecule has 0 atom stereocenters. The van der Waals surface area contributed by atoms with Gasteiger partial charge in [0.05, 0.1) is 17.7 Å². The van der Waals surface area contributed by atoms with Gasteiger partial charge in [0.1, 0.15) is 5.75 Å². The third-order valence-electron chi connectivity index (χ3n) is 3.95. The average molecular weight is 375 g/mol. The molecule has 0 unspecified atom stereocenters. The number of nitrogens with one attached hydrogen (secondary N) is 2. The fourth-order valence-electron chi connectivity index (χ4n) is 2.43. The lowest BCUT2D eigenvalue weighted by Crippen LogP contribution is -2.24. The topological polar surface area (TPSA) is 67.4 Å². The average Bonchev–Trinajstić information content (AvgIpc) is 3.12. The van der Waals surface area contributed by atoms with E-state index in [1.807, 2.05) is 29.6 Å². The van der Waals surface area contributed by atoms with Crippen LogP contribution in [0.2, 0.25) is 0 Å². The zero-order valence-electron chi connectivity index (χ0n) is 15.7. The minimum Gasteiger partial charge on any atom is -0.495 e. The van der Waals surface area contributed by atoms with Gasteiger partial charge in [-0.2, -0.15) is 0 Å². The smallest absolute Gasteiger partial charge is 0.261 e. The number of thiophene rings is 1. The Morgan fingerprint density at radius 1 is 1.19 bits per heavy atom. The minimum absolute atomic E-state index is 0.0160. The van der Waals surface area contributed by atoms with Gasteiger partial charge in [-0.3, -0.25) is 9.59 Å². The fraction of sp³-hybridized carbons (Fsp3) is 0.400. The monoisotopic (exact) mass is 374 g/mol. The van der Waals surface area contributed by atoms with Crippen molar-refractivity contribution in [3.63, 3.8) is 0 Å². The molecule has 1 heterocycles. The van der Waals surface area contributed by atoms with Gasteiger partial charge in [-0.1, -0.05) is 32.9 Å². The van der Waals surface area contributed by atoms with E-state index in [2.05, 4.69) is 31.4 Å². The summed E-state index contributed by atoms with van der Waals surface area (Å²) < 4.78 is 5.34. The van der Waals surface area contributed by atoms with Gasteiger partial charge in [0.25, 0.3) is 5.91 Å². The van der Waals surface area contributed by atoms with Gasteiger partial charge in [-0.05, 0) is 41.0 Å². The van der Waals surface area contributed by atoms with Crippen molar-refractivity contribution >= 4 is 28.8 Å². The highest BCUT2D eigenvalue weighted by atomic mass is 32.1. The van der Waals surface area contributed by atoms with Crippen molar-refractivity contribution in [1.29, 1.82) is 0 Å². The molecule has 0 saturated carbocycles. The molecule has 6 heteroatoms. The van der Waals surface area contributed by atoms with Gasteiger partial charge in [-0.15, -0.1) is 11.3 Å². The molecule has 26 heavy (non-hydrogen) atoms. The van der Waals surface area contributed by atoms with E-state index in [1.165, 1.54) is 11.3 Å². The second kappa shape index (κ2) is 8.85. The number of methoxy groups -OCH3 is 1.